The van der Waals surface area contributed by atoms with Crippen LogP contribution < -0.4 is 14.8 Å². The van der Waals surface area contributed by atoms with E-state index in [4.69, 9.17) is 14.0 Å². The molecule has 0 bridgehead atoms. The van der Waals surface area contributed by atoms with Gasteiger partial charge in [-0.15, -0.1) is 0 Å². The fourth-order valence-electron chi connectivity index (χ4n) is 3.59. The number of piperidine rings is 1. The summed E-state index contributed by atoms with van der Waals surface area (Å²) in [5.41, 5.74) is 1.60. The maximum absolute atomic E-state index is 12.8. The van der Waals surface area contributed by atoms with Crippen LogP contribution in [0.15, 0.2) is 39.5 Å². The molecule has 9 heteroatoms. The first-order valence-electron chi connectivity index (χ1n) is 9.78. The molecule has 1 aromatic carbocycles. The molecule has 2 amide bonds. The molecule has 4 rings (SSSR count). The van der Waals surface area contributed by atoms with Crippen LogP contribution in [0.2, 0.25) is 0 Å². The van der Waals surface area contributed by atoms with Crippen LogP contribution >= 0.6 is 11.3 Å². The SMILES string of the molecule is COc1cc(NC(=O)N2CCCC(Cc3nc(-c4ccsc4)no3)C2)cc(OC)c1. The molecular formula is C21H24N4O4S. The van der Waals surface area contributed by atoms with Crippen molar-refractivity contribution < 1.29 is 18.8 Å². The maximum atomic E-state index is 12.8. The van der Waals surface area contributed by atoms with Gasteiger partial charge < -0.3 is 24.2 Å². The highest BCUT2D eigenvalue weighted by atomic mass is 32.1. The topological polar surface area (TPSA) is 89.7 Å². The predicted octanol–water partition coefficient (Wildman–Crippen LogP) is 4.30. The summed E-state index contributed by atoms with van der Waals surface area (Å²) in [7, 11) is 3.16. The first kappa shape index (κ1) is 20.2. The minimum absolute atomic E-state index is 0.139. The number of hydrogen-bond donors (Lipinski definition) is 1. The van der Waals surface area contributed by atoms with E-state index in [0.717, 1.165) is 18.4 Å². The Bertz CT molecular complexity index is 967. The Morgan fingerprint density at radius 1 is 1.30 bits per heavy atom. The lowest BCUT2D eigenvalue weighted by Gasteiger charge is -2.32. The summed E-state index contributed by atoms with van der Waals surface area (Å²) in [6.45, 7) is 1.36. The highest BCUT2D eigenvalue weighted by Crippen LogP contribution is 2.27. The van der Waals surface area contributed by atoms with Gasteiger partial charge in [0, 0.05) is 54.3 Å². The number of benzene rings is 1. The average molecular weight is 429 g/mol. The molecule has 1 fully saturated rings. The van der Waals surface area contributed by atoms with Crippen LogP contribution in [0.4, 0.5) is 10.5 Å². The van der Waals surface area contributed by atoms with Gasteiger partial charge in [0.15, 0.2) is 0 Å². The van der Waals surface area contributed by atoms with Crippen molar-refractivity contribution in [3.63, 3.8) is 0 Å². The Hall–Kier alpha value is -3.07. The zero-order chi connectivity index (χ0) is 20.9. The van der Waals surface area contributed by atoms with Crippen molar-refractivity contribution in [1.82, 2.24) is 15.0 Å². The Balaban J connectivity index is 1.37. The van der Waals surface area contributed by atoms with Gasteiger partial charge in [-0.1, -0.05) is 5.16 Å². The molecule has 1 unspecified atom stereocenters. The van der Waals surface area contributed by atoms with Crippen molar-refractivity contribution >= 4 is 23.1 Å². The second kappa shape index (κ2) is 9.17. The largest absolute Gasteiger partial charge is 0.497 e. The van der Waals surface area contributed by atoms with Crippen LogP contribution in [0.5, 0.6) is 11.5 Å². The van der Waals surface area contributed by atoms with Gasteiger partial charge in [0.25, 0.3) is 0 Å². The minimum atomic E-state index is -0.139. The zero-order valence-electron chi connectivity index (χ0n) is 17.0. The van der Waals surface area contributed by atoms with Gasteiger partial charge in [-0.3, -0.25) is 0 Å². The van der Waals surface area contributed by atoms with E-state index < -0.39 is 0 Å². The van der Waals surface area contributed by atoms with Crippen LogP contribution in [0.1, 0.15) is 18.7 Å². The van der Waals surface area contributed by atoms with E-state index in [1.807, 2.05) is 21.7 Å². The van der Waals surface area contributed by atoms with E-state index in [2.05, 4.69) is 15.5 Å². The van der Waals surface area contributed by atoms with E-state index in [0.29, 0.717) is 48.4 Å². The highest BCUT2D eigenvalue weighted by Gasteiger charge is 2.26. The molecule has 0 saturated carbocycles. The number of aromatic nitrogens is 2. The van der Waals surface area contributed by atoms with Crippen LogP contribution in [0.25, 0.3) is 11.4 Å². The van der Waals surface area contributed by atoms with Crippen molar-refractivity contribution in [2.24, 2.45) is 5.92 Å². The van der Waals surface area contributed by atoms with Crippen LogP contribution in [-0.4, -0.2) is 48.4 Å². The number of carbonyl (C=O) groups is 1. The number of nitrogens with one attached hydrogen (secondary N) is 1. The molecule has 3 heterocycles. The number of likely N-dealkylation sites (tertiary alicyclic amines) is 1. The van der Waals surface area contributed by atoms with E-state index in [9.17, 15) is 4.79 Å². The Morgan fingerprint density at radius 3 is 2.80 bits per heavy atom. The lowest BCUT2D eigenvalue weighted by molar-refractivity contribution is 0.173. The van der Waals surface area contributed by atoms with Gasteiger partial charge in [0.1, 0.15) is 11.5 Å². The monoisotopic (exact) mass is 428 g/mol. The smallest absolute Gasteiger partial charge is 0.321 e. The third-order valence-corrected chi connectivity index (χ3v) is 5.80. The second-order valence-corrected chi connectivity index (χ2v) is 7.99. The summed E-state index contributed by atoms with van der Waals surface area (Å²) in [6.07, 6.45) is 2.62. The van der Waals surface area contributed by atoms with Crippen molar-refractivity contribution in [1.29, 1.82) is 0 Å². The molecule has 0 spiro atoms. The molecule has 3 aromatic rings. The summed E-state index contributed by atoms with van der Waals surface area (Å²) < 4.78 is 16.0. The molecule has 158 valence electrons. The fourth-order valence-corrected chi connectivity index (χ4v) is 4.23. The van der Waals surface area contributed by atoms with Crippen molar-refractivity contribution in [3.05, 3.63) is 40.9 Å². The molecule has 1 aliphatic heterocycles. The molecule has 8 nitrogen and oxygen atoms in total. The number of anilines is 1. The van der Waals surface area contributed by atoms with Gasteiger partial charge in [-0.2, -0.15) is 16.3 Å². The Morgan fingerprint density at radius 2 is 2.10 bits per heavy atom. The van der Waals surface area contributed by atoms with E-state index >= 15 is 0 Å². The number of amides is 2. The number of urea groups is 1. The highest BCUT2D eigenvalue weighted by molar-refractivity contribution is 7.08. The number of hydrogen-bond acceptors (Lipinski definition) is 7. The van der Waals surface area contributed by atoms with Gasteiger partial charge in [0.05, 0.1) is 14.2 Å². The Labute approximate surface area is 178 Å². The number of ether oxygens (including phenoxy) is 2. The molecule has 0 aliphatic carbocycles. The quantitative estimate of drug-likeness (QED) is 0.630. The maximum Gasteiger partial charge on any atom is 0.321 e. The van der Waals surface area contributed by atoms with Crippen LogP contribution in [0.3, 0.4) is 0 Å². The minimum Gasteiger partial charge on any atom is -0.497 e. The molecular weight excluding hydrogens is 404 g/mol. The predicted molar refractivity (Wildman–Crippen MR) is 114 cm³/mol. The Kier molecular flexibility index (Phi) is 6.18. The van der Waals surface area contributed by atoms with Crippen LogP contribution in [0, 0.1) is 5.92 Å². The normalized spacial score (nSPS) is 16.3. The molecule has 1 N–H and O–H groups in total. The lowest BCUT2D eigenvalue weighted by Crippen LogP contribution is -2.42. The third-order valence-electron chi connectivity index (χ3n) is 5.12. The molecule has 30 heavy (non-hydrogen) atoms. The standard InChI is InChI=1S/C21H24N4O4S/c1-27-17-9-16(10-18(11-17)28-2)22-21(26)25-6-3-4-14(12-25)8-19-23-20(24-29-19)15-5-7-30-13-15/h5,7,9-11,13-14H,3-4,6,8,12H2,1-2H3,(H,22,26). The van der Waals surface area contributed by atoms with Crippen molar-refractivity contribution in [2.75, 3.05) is 32.6 Å². The van der Waals surface area contributed by atoms with E-state index in [-0.39, 0.29) is 11.9 Å². The molecule has 1 atom stereocenters. The lowest BCUT2D eigenvalue weighted by atomic mass is 9.95. The summed E-state index contributed by atoms with van der Waals surface area (Å²) in [5.74, 6) is 2.75. The molecule has 1 aliphatic rings. The number of rotatable bonds is 6. The van der Waals surface area contributed by atoms with Gasteiger partial charge in [-0.05, 0) is 30.2 Å². The van der Waals surface area contributed by atoms with Crippen LogP contribution in [-0.2, 0) is 6.42 Å². The third kappa shape index (κ3) is 4.73. The average Bonchev–Trinajstić information content (AvgIpc) is 3.45. The molecule has 1 saturated heterocycles. The number of carbonyl (C=O) groups excluding carboxylic acids is 1. The van der Waals surface area contributed by atoms with Gasteiger partial charge in [0.2, 0.25) is 11.7 Å². The second-order valence-electron chi connectivity index (χ2n) is 7.21. The van der Waals surface area contributed by atoms with E-state index in [1.54, 1.807) is 43.8 Å². The number of thiophene rings is 1. The first-order chi connectivity index (χ1) is 14.6. The molecule has 0 radical (unpaired) electrons. The fraction of sp³-hybridized carbons (Fsp3) is 0.381. The number of methoxy groups -OCH3 is 2. The summed E-state index contributed by atoms with van der Waals surface area (Å²) in [6, 6.07) is 7.14. The zero-order valence-corrected chi connectivity index (χ0v) is 17.8. The van der Waals surface area contributed by atoms with Gasteiger partial charge >= 0.3 is 6.03 Å². The van der Waals surface area contributed by atoms with Crippen molar-refractivity contribution in [3.8, 4) is 22.9 Å². The summed E-state index contributed by atoms with van der Waals surface area (Å²) in [5, 5.41) is 11.0. The molecule has 2 aromatic heterocycles. The summed E-state index contributed by atoms with van der Waals surface area (Å²) >= 11 is 1.60. The van der Waals surface area contributed by atoms with E-state index in [1.165, 1.54) is 0 Å². The summed E-state index contributed by atoms with van der Waals surface area (Å²) in [4.78, 5) is 19.1. The van der Waals surface area contributed by atoms with Gasteiger partial charge in [-0.25, -0.2) is 4.79 Å². The first-order valence-corrected chi connectivity index (χ1v) is 10.7. The number of nitrogens with zero attached hydrogens (tertiary/aromatic N) is 3. The van der Waals surface area contributed by atoms with Crippen molar-refractivity contribution in [2.45, 2.75) is 19.3 Å².